The predicted octanol–water partition coefficient (Wildman–Crippen LogP) is 3.80. The van der Waals surface area contributed by atoms with Gasteiger partial charge in [-0.1, -0.05) is 55.4 Å². The van der Waals surface area contributed by atoms with Gasteiger partial charge in [0.1, 0.15) is 0 Å². The van der Waals surface area contributed by atoms with Gasteiger partial charge in [-0.05, 0) is 22.2 Å². The molecule has 0 aliphatic heterocycles. The van der Waals surface area contributed by atoms with Gasteiger partial charge in [-0.25, -0.2) is 0 Å². The van der Waals surface area contributed by atoms with E-state index in [9.17, 15) is 4.80 Å². The van der Waals surface area contributed by atoms with E-state index in [1.54, 1.807) is 0 Å². The zero-order valence-electron chi connectivity index (χ0n) is 12.2. The lowest BCUT2D eigenvalue weighted by atomic mass is 10.5. The van der Waals surface area contributed by atoms with Crippen molar-refractivity contribution in [2.24, 2.45) is 0 Å². The van der Waals surface area contributed by atoms with Gasteiger partial charge in [-0.3, -0.25) is 0 Å². The van der Waals surface area contributed by atoms with Crippen molar-refractivity contribution in [1.29, 1.82) is 0 Å². The summed E-state index contributed by atoms with van der Waals surface area (Å²) in [6, 6.07) is 0. The Morgan fingerprint density at radius 1 is 0.812 bits per heavy atom. The summed E-state index contributed by atoms with van der Waals surface area (Å²) in [6.45, 7) is 17.3. The normalized spacial score (nSPS) is 13.9. The standard InChI is InChI=1S/C12H30O2Si2/c1-9(2)15(10(3)4)14-16(13,11(5)6)12(7)8/h9-13,15H,1-8H3. The van der Waals surface area contributed by atoms with Crippen molar-refractivity contribution in [2.75, 3.05) is 0 Å². The molecule has 0 aliphatic rings. The predicted molar refractivity (Wildman–Crippen MR) is 76.6 cm³/mol. The van der Waals surface area contributed by atoms with E-state index in [2.05, 4.69) is 55.4 Å². The average Bonchev–Trinajstić information content (AvgIpc) is 2.11. The van der Waals surface area contributed by atoms with Gasteiger partial charge in [0.05, 0.1) is 0 Å². The lowest BCUT2D eigenvalue weighted by Crippen LogP contribution is -2.50. The summed E-state index contributed by atoms with van der Waals surface area (Å²) in [5, 5.41) is 0. The molecule has 16 heavy (non-hydrogen) atoms. The zero-order chi connectivity index (χ0) is 13.1. The van der Waals surface area contributed by atoms with E-state index >= 15 is 0 Å². The van der Waals surface area contributed by atoms with Crippen molar-refractivity contribution < 1.29 is 8.91 Å². The average molecular weight is 263 g/mol. The highest BCUT2D eigenvalue weighted by atomic mass is 28.4. The third-order valence-corrected chi connectivity index (χ3v) is 11.8. The van der Waals surface area contributed by atoms with Crippen LogP contribution in [-0.4, -0.2) is 22.4 Å². The van der Waals surface area contributed by atoms with Gasteiger partial charge in [-0.15, -0.1) is 0 Å². The van der Waals surface area contributed by atoms with E-state index < -0.39 is 17.6 Å². The van der Waals surface area contributed by atoms with Crippen LogP contribution < -0.4 is 0 Å². The second-order valence-electron chi connectivity index (χ2n) is 6.13. The quantitative estimate of drug-likeness (QED) is 0.738. The molecule has 0 aromatic heterocycles. The van der Waals surface area contributed by atoms with Crippen LogP contribution in [0, 0.1) is 0 Å². The number of hydrogen-bond donors (Lipinski definition) is 1. The lowest BCUT2D eigenvalue weighted by molar-refractivity contribution is 0.335. The van der Waals surface area contributed by atoms with Crippen molar-refractivity contribution in [3.63, 3.8) is 0 Å². The molecular weight excluding hydrogens is 232 g/mol. The van der Waals surface area contributed by atoms with Gasteiger partial charge < -0.3 is 8.91 Å². The van der Waals surface area contributed by atoms with Crippen LogP contribution >= 0.6 is 0 Å². The third-order valence-electron chi connectivity index (χ3n) is 3.29. The third kappa shape index (κ3) is 3.98. The van der Waals surface area contributed by atoms with Crippen molar-refractivity contribution >= 4 is 17.6 Å². The second kappa shape index (κ2) is 6.33. The molecule has 0 rings (SSSR count). The molecule has 98 valence electrons. The van der Waals surface area contributed by atoms with E-state index in [-0.39, 0.29) is 11.1 Å². The molecule has 0 aromatic rings. The SMILES string of the molecule is CC(C)[SiH](O[Si](O)(C(C)C)C(C)C)C(C)C. The van der Waals surface area contributed by atoms with Crippen LogP contribution in [0.15, 0.2) is 0 Å². The van der Waals surface area contributed by atoms with Crippen LogP contribution in [0.3, 0.4) is 0 Å². The van der Waals surface area contributed by atoms with Gasteiger partial charge in [-0.2, -0.15) is 0 Å². The minimum atomic E-state index is -2.53. The van der Waals surface area contributed by atoms with Gasteiger partial charge in [0.25, 0.3) is 0 Å². The molecule has 0 fully saturated rings. The minimum Gasteiger partial charge on any atom is -0.438 e. The van der Waals surface area contributed by atoms with Crippen LogP contribution in [0.1, 0.15) is 55.4 Å². The maximum Gasteiger partial charge on any atom is 0.330 e. The molecule has 4 heteroatoms. The van der Waals surface area contributed by atoms with Crippen LogP contribution in [0.4, 0.5) is 0 Å². The summed E-state index contributed by atoms with van der Waals surface area (Å²) in [5.41, 5.74) is 1.74. The maximum atomic E-state index is 10.8. The number of rotatable bonds is 6. The summed E-state index contributed by atoms with van der Waals surface area (Å²) in [4.78, 5) is 10.8. The topological polar surface area (TPSA) is 29.5 Å². The Morgan fingerprint density at radius 3 is 1.31 bits per heavy atom. The second-order valence-corrected chi connectivity index (χ2v) is 14.5. The van der Waals surface area contributed by atoms with Crippen LogP contribution in [0.2, 0.25) is 22.2 Å². The first-order valence-corrected chi connectivity index (χ1v) is 10.3. The minimum absolute atomic E-state index is 0.278. The van der Waals surface area contributed by atoms with Gasteiger partial charge >= 0.3 is 8.56 Å². The Kier molecular flexibility index (Phi) is 6.47. The first-order valence-electron chi connectivity index (χ1n) is 6.53. The molecule has 0 radical (unpaired) electrons. The van der Waals surface area contributed by atoms with E-state index in [0.717, 1.165) is 0 Å². The van der Waals surface area contributed by atoms with Crippen LogP contribution in [0.5, 0.6) is 0 Å². The Balaban J connectivity index is 4.86. The van der Waals surface area contributed by atoms with Crippen LogP contribution in [-0.2, 0) is 4.12 Å². The summed E-state index contributed by atoms with van der Waals surface area (Å²) in [6.07, 6.45) is 0. The van der Waals surface area contributed by atoms with E-state index in [1.807, 2.05) is 0 Å². The highest BCUT2D eigenvalue weighted by Gasteiger charge is 2.44. The molecule has 0 heterocycles. The van der Waals surface area contributed by atoms with E-state index in [1.165, 1.54) is 0 Å². The Hall–Kier alpha value is 0.354. The van der Waals surface area contributed by atoms with E-state index in [0.29, 0.717) is 11.1 Å². The summed E-state index contributed by atoms with van der Waals surface area (Å²) >= 11 is 0. The molecule has 0 saturated heterocycles. The Labute approximate surface area is 104 Å². The molecule has 0 aliphatic carbocycles. The molecule has 0 aromatic carbocycles. The van der Waals surface area contributed by atoms with Gasteiger partial charge in [0.15, 0.2) is 9.04 Å². The summed E-state index contributed by atoms with van der Waals surface area (Å²) in [5.74, 6) is 0. The fourth-order valence-corrected chi connectivity index (χ4v) is 11.2. The molecule has 0 amide bonds. The number of hydrogen-bond acceptors (Lipinski definition) is 2. The van der Waals surface area contributed by atoms with Crippen molar-refractivity contribution in [3.8, 4) is 0 Å². The summed E-state index contributed by atoms with van der Waals surface area (Å²) < 4.78 is 6.32. The first-order chi connectivity index (χ1) is 7.12. The smallest absolute Gasteiger partial charge is 0.330 e. The van der Waals surface area contributed by atoms with Gasteiger partial charge in [0.2, 0.25) is 0 Å². The Morgan fingerprint density at radius 2 is 1.12 bits per heavy atom. The highest BCUT2D eigenvalue weighted by molar-refractivity contribution is 6.77. The molecule has 0 spiro atoms. The maximum absolute atomic E-state index is 10.8. The highest BCUT2D eigenvalue weighted by Crippen LogP contribution is 2.35. The molecule has 1 N–H and O–H groups in total. The fourth-order valence-electron chi connectivity index (χ4n) is 2.20. The van der Waals surface area contributed by atoms with Gasteiger partial charge in [0, 0.05) is 0 Å². The fraction of sp³-hybridized carbons (Fsp3) is 1.00. The van der Waals surface area contributed by atoms with Crippen molar-refractivity contribution in [3.05, 3.63) is 0 Å². The van der Waals surface area contributed by atoms with Crippen LogP contribution in [0.25, 0.3) is 0 Å². The van der Waals surface area contributed by atoms with Crippen molar-refractivity contribution in [1.82, 2.24) is 0 Å². The summed E-state index contributed by atoms with van der Waals surface area (Å²) in [7, 11) is -3.84. The van der Waals surface area contributed by atoms with E-state index in [4.69, 9.17) is 4.12 Å². The Bertz CT molecular complexity index is 187. The molecule has 0 saturated carbocycles. The first kappa shape index (κ1) is 16.4. The monoisotopic (exact) mass is 262 g/mol. The molecule has 0 unspecified atom stereocenters. The molecule has 0 atom stereocenters. The zero-order valence-corrected chi connectivity index (χ0v) is 14.4. The van der Waals surface area contributed by atoms with Crippen molar-refractivity contribution in [2.45, 2.75) is 77.6 Å². The largest absolute Gasteiger partial charge is 0.438 e. The lowest BCUT2D eigenvalue weighted by Gasteiger charge is -2.38. The molecular formula is C12H30O2Si2. The molecule has 0 bridgehead atoms. The molecule has 2 nitrogen and oxygen atoms in total.